The lowest BCUT2D eigenvalue weighted by Crippen LogP contribution is -2.16. The summed E-state index contributed by atoms with van der Waals surface area (Å²) in [5.74, 6) is 0. The van der Waals surface area contributed by atoms with Gasteiger partial charge in [-0.3, -0.25) is 0 Å². The van der Waals surface area contributed by atoms with Crippen molar-refractivity contribution < 1.29 is 0 Å². The summed E-state index contributed by atoms with van der Waals surface area (Å²) in [6.07, 6.45) is 0. The number of aromatic nitrogens is 1. The summed E-state index contributed by atoms with van der Waals surface area (Å²) in [6, 6.07) is 22.3. The average molecular weight is 356 g/mol. The molecule has 0 aliphatic carbocycles. The van der Waals surface area contributed by atoms with Crippen molar-refractivity contribution in [2.75, 3.05) is 0 Å². The van der Waals surface area contributed by atoms with E-state index in [2.05, 4.69) is 107 Å². The van der Waals surface area contributed by atoms with Crippen LogP contribution in [0, 0.1) is 0 Å². The van der Waals surface area contributed by atoms with E-state index in [0.717, 1.165) is 0 Å². The maximum absolute atomic E-state index is 3.66. The molecule has 0 spiro atoms. The minimum atomic E-state index is 0.115. The lowest BCUT2D eigenvalue weighted by molar-refractivity contribution is 0.569. The van der Waals surface area contributed by atoms with E-state index in [9.17, 15) is 0 Å². The van der Waals surface area contributed by atoms with Gasteiger partial charge in [0.05, 0.1) is 5.52 Å². The summed E-state index contributed by atoms with van der Waals surface area (Å²) in [5, 5.41) is 2.58. The van der Waals surface area contributed by atoms with Crippen LogP contribution in [0.25, 0.3) is 32.9 Å². The predicted molar refractivity (Wildman–Crippen MR) is 119 cm³/mol. The molecule has 1 nitrogen and oxygen atoms in total. The Labute approximate surface area is 162 Å². The number of para-hydroxylation sites is 2. The molecule has 4 aromatic rings. The van der Waals surface area contributed by atoms with E-state index in [4.69, 9.17) is 0 Å². The molecule has 0 aliphatic heterocycles. The van der Waals surface area contributed by atoms with Gasteiger partial charge in [0.15, 0.2) is 0 Å². The Kier molecular flexibility index (Phi) is 3.96. The quantitative estimate of drug-likeness (QED) is 0.362. The first-order chi connectivity index (χ1) is 12.6. The first-order valence-corrected chi connectivity index (χ1v) is 9.80. The van der Waals surface area contributed by atoms with Gasteiger partial charge >= 0.3 is 0 Å². The molecule has 0 unspecified atom stereocenters. The van der Waals surface area contributed by atoms with Gasteiger partial charge in [0.2, 0.25) is 0 Å². The monoisotopic (exact) mass is 355 g/mol. The first kappa shape index (κ1) is 17.9. The van der Waals surface area contributed by atoms with E-state index in [1.165, 1.54) is 44.1 Å². The maximum atomic E-state index is 3.66. The largest absolute Gasteiger partial charge is 0.354 e. The van der Waals surface area contributed by atoms with Crippen LogP contribution in [0.2, 0.25) is 0 Å². The highest BCUT2D eigenvalue weighted by Crippen LogP contribution is 2.37. The number of aromatic amines is 1. The number of hydrogen-bond acceptors (Lipinski definition) is 0. The molecule has 0 aliphatic rings. The summed E-state index contributed by atoms with van der Waals surface area (Å²) in [5.41, 5.74) is 8.00. The Morgan fingerprint density at radius 2 is 1.22 bits per heavy atom. The highest BCUT2D eigenvalue weighted by atomic mass is 14.7. The van der Waals surface area contributed by atoms with E-state index in [1.54, 1.807) is 0 Å². The lowest BCUT2D eigenvalue weighted by Gasteiger charge is -2.26. The van der Waals surface area contributed by atoms with Crippen molar-refractivity contribution in [3.8, 4) is 11.1 Å². The van der Waals surface area contributed by atoms with Crippen molar-refractivity contribution in [3.05, 3.63) is 71.8 Å². The van der Waals surface area contributed by atoms with Crippen LogP contribution in [-0.4, -0.2) is 4.98 Å². The van der Waals surface area contributed by atoms with Gasteiger partial charge in [0, 0.05) is 21.9 Å². The minimum Gasteiger partial charge on any atom is -0.354 e. The number of nitrogens with one attached hydrogen (secondary N) is 1. The molecular weight excluding hydrogens is 326 g/mol. The highest BCUT2D eigenvalue weighted by Gasteiger charge is 2.21. The van der Waals surface area contributed by atoms with Crippen molar-refractivity contribution in [3.63, 3.8) is 0 Å². The zero-order chi connectivity index (χ0) is 19.4. The van der Waals surface area contributed by atoms with Crippen molar-refractivity contribution in [1.82, 2.24) is 4.98 Å². The molecule has 0 saturated carbocycles. The fraction of sp³-hybridized carbons (Fsp3) is 0.308. The summed E-state index contributed by atoms with van der Waals surface area (Å²) >= 11 is 0. The van der Waals surface area contributed by atoms with E-state index >= 15 is 0 Å². The van der Waals surface area contributed by atoms with Gasteiger partial charge in [0.1, 0.15) is 0 Å². The average Bonchev–Trinajstić information content (AvgIpc) is 2.98. The van der Waals surface area contributed by atoms with Crippen molar-refractivity contribution in [1.29, 1.82) is 0 Å². The fourth-order valence-electron chi connectivity index (χ4n) is 3.76. The number of rotatable bonds is 1. The first-order valence-electron chi connectivity index (χ1n) is 9.80. The Hall–Kier alpha value is -2.54. The number of H-pyrrole nitrogens is 1. The standard InChI is InChI=1S/C26H29N/c1-25(2,3)18-14-17(15-19(16-18)26(4,5)6)20-11-9-12-22-21-10-7-8-13-23(21)27-24(20)22/h7-16,27H,1-6H3. The number of hydrogen-bond donors (Lipinski definition) is 1. The van der Waals surface area contributed by atoms with E-state index in [-0.39, 0.29) is 10.8 Å². The van der Waals surface area contributed by atoms with Gasteiger partial charge in [-0.2, -0.15) is 0 Å². The topological polar surface area (TPSA) is 15.8 Å². The summed E-state index contributed by atoms with van der Waals surface area (Å²) in [4.78, 5) is 3.66. The molecule has 1 N–H and O–H groups in total. The second-order valence-electron chi connectivity index (χ2n) is 9.70. The second kappa shape index (κ2) is 5.99. The molecule has 0 atom stereocenters. The van der Waals surface area contributed by atoms with Gasteiger partial charge in [0.25, 0.3) is 0 Å². The molecule has 27 heavy (non-hydrogen) atoms. The van der Waals surface area contributed by atoms with Gasteiger partial charge in [-0.05, 0) is 33.6 Å². The Morgan fingerprint density at radius 3 is 1.85 bits per heavy atom. The molecule has 1 heteroatoms. The van der Waals surface area contributed by atoms with Crippen LogP contribution in [-0.2, 0) is 10.8 Å². The van der Waals surface area contributed by atoms with Gasteiger partial charge < -0.3 is 4.98 Å². The van der Waals surface area contributed by atoms with Crippen LogP contribution in [0.15, 0.2) is 60.7 Å². The fourth-order valence-corrected chi connectivity index (χ4v) is 3.76. The van der Waals surface area contributed by atoms with E-state index in [1.807, 2.05) is 0 Å². The Balaban J connectivity index is 2.03. The highest BCUT2D eigenvalue weighted by molar-refractivity contribution is 6.11. The Morgan fingerprint density at radius 1 is 0.630 bits per heavy atom. The van der Waals surface area contributed by atoms with E-state index in [0.29, 0.717) is 0 Å². The molecule has 0 saturated heterocycles. The van der Waals surface area contributed by atoms with Crippen LogP contribution >= 0.6 is 0 Å². The summed E-state index contributed by atoms with van der Waals surface area (Å²) in [6.45, 7) is 13.8. The zero-order valence-electron chi connectivity index (χ0n) is 17.3. The third-order valence-corrected chi connectivity index (χ3v) is 5.52. The molecule has 0 fully saturated rings. The van der Waals surface area contributed by atoms with Gasteiger partial charge in [-0.1, -0.05) is 96.1 Å². The summed E-state index contributed by atoms with van der Waals surface area (Å²) < 4.78 is 0. The lowest BCUT2D eigenvalue weighted by atomic mass is 9.79. The molecule has 4 rings (SSSR count). The minimum absolute atomic E-state index is 0.115. The van der Waals surface area contributed by atoms with Crippen molar-refractivity contribution in [2.24, 2.45) is 0 Å². The van der Waals surface area contributed by atoms with Crippen LogP contribution in [0.3, 0.4) is 0 Å². The van der Waals surface area contributed by atoms with Gasteiger partial charge in [-0.15, -0.1) is 0 Å². The van der Waals surface area contributed by atoms with Crippen LogP contribution < -0.4 is 0 Å². The van der Waals surface area contributed by atoms with Crippen LogP contribution in [0.5, 0.6) is 0 Å². The molecule has 3 aromatic carbocycles. The predicted octanol–water partition coefficient (Wildman–Crippen LogP) is 7.58. The molecule has 1 heterocycles. The maximum Gasteiger partial charge on any atom is 0.0544 e. The molecular formula is C26H29N. The van der Waals surface area contributed by atoms with Gasteiger partial charge in [-0.25, -0.2) is 0 Å². The normalized spacial score (nSPS) is 12.8. The number of benzene rings is 3. The van der Waals surface area contributed by atoms with Crippen LogP contribution in [0.4, 0.5) is 0 Å². The second-order valence-corrected chi connectivity index (χ2v) is 9.70. The molecule has 138 valence electrons. The van der Waals surface area contributed by atoms with E-state index < -0.39 is 0 Å². The third-order valence-electron chi connectivity index (χ3n) is 5.52. The molecule has 1 aromatic heterocycles. The van der Waals surface area contributed by atoms with Crippen molar-refractivity contribution in [2.45, 2.75) is 52.4 Å². The van der Waals surface area contributed by atoms with Crippen LogP contribution in [0.1, 0.15) is 52.7 Å². The summed E-state index contributed by atoms with van der Waals surface area (Å²) in [7, 11) is 0. The molecule has 0 radical (unpaired) electrons. The SMILES string of the molecule is CC(C)(C)c1cc(-c2cccc3c2[nH]c2ccccc23)cc(C(C)(C)C)c1. The zero-order valence-corrected chi connectivity index (χ0v) is 17.3. The smallest absolute Gasteiger partial charge is 0.0544 e. The van der Waals surface area contributed by atoms with Crippen molar-refractivity contribution >= 4 is 21.8 Å². The molecule has 0 amide bonds. The third kappa shape index (κ3) is 3.16. The number of fused-ring (bicyclic) bond motifs is 3. The molecule has 0 bridgehead atoms. The Bertz CT molecular complexity index is 1100.